The van der Waals surface area contributed by atoms with E-state index in [9.17, 15) is 0 Å². The molecule has 104 valence electrons. The van der Waals surface area contributed by atoms with Gasteiger partial charge in [0.15, 0.2) is 0 Å². The van der Waals surface area contributed by atoms with Gasteiger partial charge in [0, 0.05) is 19.6 Å². The van der Waals surface area contributed by atoms with Crippen LogP contribution in [0.1, 0.15) is 6.42 Å². The molecule has 0 aliphatic heterocycles. The van der Waals surface area contributed by atoms with Crippen molar-refractivity contribution in [1.82, 2.24) is 0 Å². The summed E-state index contributed by atoms with van der Waals surface area (Å²) < 4.78 is 11.2. The van der Waals surface area contributed by atoms with Crippen LogP contribution in [0.25, 0.3) is 11.1 Å². The van der Waals surface area contributed by atoms with Gasteiger partial charge in [0.1, 0.15) is 18.0 Å². The molecule has 2 N–H and O–H groups in total. The molecule has 1 aliphatic rings. The SMILES string of the molecule is COC1C(N)CC1Oc1ccc(-c2ccccc2)cc1. The molecule has 0 spiro atoms. The minimum absolute atomic E-state index is 0.00352. The molecule has 0 amide bonds. The zero-order valence-electron chi connectivity index (χ0n) is 11.5. The van der Waals surface area contributed by atoms with Crippen LogP contribution in [0.5, 0.6) is 5.75 Å². The Morgan fingerprint density at radius 1 is 0.950 bits per heavy atom. The second-order valence-electron chi connectivity index (χ2n) is 5.15. The second-order valence-corrected chi connectivity index (χ2v) is 5.15. The Labute approximate surface area is 119 Å². The van der Waals surface area contributed by atoms with Gasteiger partial charge in [-0.15, -0.1) is 0 Å². The number of nitrogens with two attached hydrogens (primary N) is 1. The highest BCUT2D eigenvalue weighted by atomic mass is 16.5. The summed E-state index contributed by atoms with van der Waals surface area (Å²) in [4.78, 5) is 0. The van der Waals surface area contributed by atoms with E-state index in [1.165, 1.54) is 11.1 Å². The number of hydrogen-bond acceptors (Lipinski definition) is 3. The average Bonchev–Trinajstić information content (AvgIpc) is 2.49. The molecule has 2 aromatic rings. The van der Waals surface area contributed by atoms with Gasteiger partial charge >= 0.3 is 0 Å². The van der Waals surface area contributed by atoms with E-state index in [0.29, 0.717) is 0 Å². The van der Waals surface area contributed by atoms with Crippen LogP contribution in [0, 0.1) is 0 Å². The van der Waals surface area contributed by atoms with Crippen LogP contribution in [0.2, 0.25) is 0 Å². The summed E-state index contributed by atoms with van der Waals surface area (Å²) in [6, 6.07) is 18.5. The molecule has 1 aliphatic carbocycles. The van der Waals surface area contributed by atoms with Crippen LogP contribution in [-0.4, -0.2) is 25.4 Å². The first-order valence-electron chi connectivity index (χ1n) is 6.88. The normalized spacial score (nSPS) is 25.0. The van der Waals surface area contributed by atoms with Crippen LogP contribution in [0.4, 0.5) is 0 Å². The summed E-state index contributed by atoms with van der Waals surface area (Å²) in [7, 11) is 1.68. The topological polar surface area (TPSA) is 44.5 Å². The van der Waals surface area contributed by atoms with Crippen molar-refractivity contribution in [3.8, 4) is 16.9 Å². The highest BCUT2D eigenvalue weighted by molar-refractivity contribution is 5.63. The zero-order valence-corrected chi connectivity index (χ0v) is 11.5. The summed E-state index contributed by atoms with van der Waals surface area (Å²) in [5.41, 5.74) is 8.27. The molecule has 0 bridgehead atoms. The van der Waals surface area contributed by atoms with Crippen molar-refractivity contribution in [1.29, 1.82) is 0 Å². The number of rotatable bonds is 4. The van der Waals surface area contributed by atoms with Crippen molar-refractivity contribution in [3.05, 3.63) is 54.6 Å². The van der Waals surface area contributed by atoms with Crippen molar-refractivity contribution >= 4 is 0 Å². The molecular weight excluding hydrogens is 250 g/mol. The van der Waals surface area contributed by atoms with E-state index in [4.69, 9.17) is 15.2 Å². The van der Waals surface area contributed by atoms with Crippen molar-refractivity contribution in [2.45, 2.75) is 24.7 Å². The van der Waals surface area contributed by atoms with E-state index in [0.717, 1.165) is 12.2 Å². The van der Waals surface area contributed by atoms with Crippen molar-refractivity contribution in [2.24, 2.45) is 5.73 Å². The van der Waals surface area contributed by atoms with Gasteiger partial charge in [-0.05, 0) is 23.3 Å². The standard InChI is InChI=1S/C17H19NO2/c1-19-17-15(18)11-16(17)20-14-9-7-13(8-10-14)12-5-3-2-4-6-12/h2-10,15-17H,11,18H2,1H3. The smallest absolute Gasteiger partial charge is 0.128 e. The molecule has 0 saturated heterocycles. The van der Waals surface area contributed by atoms with Crippen molar-refractivity contribution < 1.29 is 9.47 Å². The number of methoxy groups -OCH3 is 1. The van der Waals surface area contributed by atoms with Crippen LogP contribution >= 0.6 is 0 Å². The monoisotopic (exact) mass is 269 g/mol. The lowest BCUT2D eigenvalue weighted by atomic mass is 9.86. The van der Waals surface area contributed by atoms with Crippen molar-refractivity contribution in [2.75, 3.05) is 7.11 Å². The van der Waals surface area contributed by atoms with Crippen LogP contribution in [0.15, 0.2) is 54.6 Å². The lowest BCUT2D eigenvalue weighted by molar-refractivity contribution is -0.0782. The Morgan fingerprint density at radius 2 is 1.60 bits per heavy atom. The number of benzene rings is 2. The Hall–Kier alpha value is -1.84. The Kier molecular flexibility index (Phi) is 3.72. The number of hydrogen-bond donors (Lipinski definition) is 1. The maximum atomic E-state index is 5.91. The molecule has 3 unspecified atom stereocenters. The van der Waals surface area contributed by atoms with Gasteiger partial charge < -0.3 is 15.2 Å². The average molecular weight is 269 g/mol. The molecule has 0 aromatic heterocycles. The zero-order chi connectivity index (χ0) is 13.9. The molecule has 3 atom stereocenters. The van der Waals surface area contributed by atoms with E-state index in [1.807, 2.05) is 30.3 Å². The predicted octanol–water partition coefficient (Wildman–Crippen LogP) is 2.85. The summed E-state index contributed by atoms with van der Waals surface area (Å²) in [5.74, 6) is 0.864. The fraction of sp³-hybridized carbons (Fsp3) is 0.294. The summed E-state index contributed by atoms with van der Waals surface area (Å²) in [6.07, 6.45) is 0.917. The van der Waals surface area contributed by atoms with Gasteiger partial charge in [0.25, 0.3) is 0 Å². The van der Waals surface area contributed by atoms with Crippen LogP contribution in [-0.2, 0) is 4.74 Å². The maximum absolute atomic E-state index is 5.91. The molecular formula is C17H19NO2. The molecule has 0 radical (unpaired) electrons. The maximum Gasteiger partial charge on any atom is 0.128 e. The first kappa shape index (κ1) is 13.2. The van der Waals surface area contributed by atoms with Gasteiger partial charge in [-0.1, -0.05) is 42.5 Å². The molecule has 1 fully saturated rings. The minimum Gasteiger partial charge on any atom is -0.488 e. The molecule has 20 heavy (non-hydrogen) atoms. The van der Waals surface area contributed by atoms with Crippen LogP contribution in [0.3, 0.4) is 0 Å². The van der Waals surface area contributed by atoms with E-state index in [2.05, 4.69) is 24.3 Å². The summed E-state index contributed by atoms with van der Waals surface area (Å²) >= 11 is 0. The van der Waals surface area contributed by atoms with Gasteiger partial charge in [0.05, 0.1) is 0 Å². The lowest BCUT2D eigenvalue weighted by Crippen LogP contribution is -2.59. The molecule has 3 nitrogen and oxygen atoms in total. The lowest BCUT2D eigenvalue weighted by Gasteiger charge is -2.40. The van der Waals surface area contributed by atoms with E-state index >= 15 is 0 Å². The highest BCUT2D eigenvalue weighted by Crippen LogP contribution is 2.28. The Balaban J connectivity index is 1.68. The fourth-order valence-electron chi connectivity index (χ4n) is 2.59. The van der Waals surface area contributed by atoms with Crippen LogP contribution < -0.4 is 10.5 Å². The number of ether oxygens (including phenoxy) is 2. The van der Waals surface area contributed by atoms with Gasteiger partial charge in [-0.2, -0.15) is 0 Å². The molecule has 3 heteroatoms. The Morgan fingerprint density at radius 3 is 2.20 bits per heavy atom. The van der Waals surface area contributed by atoms with E-state index in [-0.39, 0.29) is 18.2 Å². The molecule has 2 aromatic carbocycles. The highest BCUT2D eigenvalue weighted by Gasteiger charge is 2.40. The largest absolute Gasteiger partial charge is 0.488 e. The van der Waals surface area contributed by atoms with E-state index < -0.39 is 0 Å². The third-order valence-corrected chi connectivity index (χ3v) is 3.81. The van der Waals surface area contributed by atoms with Gasteiger partial charge in [-0.3, -0.25) is 0 Å². The van der Waals surface area contributed by atoms with E-state index in [1.54, 1.807) is 7.11 Å². The minimum atomic E-state index is 0.00352. The van der Waals surface area contributed by atoms with Gasteiger partial charge in [0.2, 0.25) is 0 Å². The molecule has 0 heterocycles. The third kappa shape index (κ3) is 2.55. The summed E-state index contributed by atoms with van der Waals surface area (Å²) in [6.45, 7) is 0. The molecule has 1 saturated carbocycles. The van der Waals surface area contributed by atoms with Gasteiger partial charge in [-0.25, -0.2) is 0 Å². The second kappa shape index (κ2) is 5.65. The predicted molar refractivity (Wildman–Crippen MR) is 79.7 cm³/mol. The third-order valence-electron chi connectivity index (χ3n) is 3.81. The first-order valence-corrected chi connectivity index (χ1v) is 6.88. The molecule has 3 rings (SSSR count). The first-order chi connectivity index (χ1) is 9.78. The van der Waals surface area contributed by atoms with Crippen molar-refractivity contribution in [3.63, 3.8) is 0 Å². The fourth-order valence-corrected chi connectivity index (χ4v) is 2.59. The summed E-state index contributed by atoms with van der Waals surface area (Å²) in [5, 5.41) is 0. The Bertz CT molecular complexity index is 553. The quantitative estimate of drug-likeness (QED) is 0.928.